The highest BCUT2D eigenvalue weighted by Gasteiger charge is 2.21. The highest BCUT2D eigenvalue weighted by Crippen LogP contribution is 2.25. The molecule has 1 aromatic heterocycles. The van der Waals surface area contributed by atoms with Gasteiger partial charge in [-0.3, -0.25) is 4.79 Å². The summed E-state index contributed by atoms with van der Waals surface area (Å²) in [6.07, 6.45) is 5.79. The molecule has 2 heterocycles. The SMILES string of the molecule is CCCc1cc(N2CCCC(CCC(N)=O)C2)nc(C)n1. The van der Waals surface area contributed by atoms with Crippen molar-refractivity contribution in [1.29, 1.82) is 0 Å². The van der Waals surface area contributed by atoms with Crippen LogP contribution >= 0.6 is 0 Å². The molecule has 21 heavy (non-hydrogen) atoms. The van der Waals surface area contributed by atoms with Gasteiger partial charge >= 0.3 is 0 Å². The minimum absolute atomic E-state index is 0.199. The number of primary amides is 1. The molecule has 0 aromatic carbocycles. The highest BCUT2D eigenvalue weighted by atomic mass is 16.1. The van der Waals surface area contributed by atoms with Gasteiger partial charge in [0.15, 0.2) is 0 Å². The van der Waals surface area contributed by atoms with Crippen LogP contribution in [0.25, 0.3) is 0 Å². The molecule has 0 radical (unpaired) electrons. The van der Waals surface area contributed by atoms with Crippen molar-refractivity contribution in [2.45, 2.75) is 52.4 Å². The standard InChI is InChI=1S/C16H26N4O/c1-3-5-14-10-16(19-12(2)18-14)20-9-4-6-13(11-20)7-8-15(17)21/h10,13H,3-9,11H2,1-2H3,(H2,17,21). The third kappa shape index (κ3) is 4.69. The average molecular weight is 290 g/mol. The normalized spacial score (nSPS) is 18.8. The number of rotatable bonds is 6. The average Bonchev–Trinajstić information content (AvgIpc) is 2.45. The maximum atomic E-state index is 10.9. The van der Waals surface area contributed by atoms with E-state index in [1.54, 1.807) is 0 Å². The molecule has 5 heteroatoms. The highest BCUT2D eigenvalue weighted by molar-refractivity contribution is 5.73. The predicted molar refractivity (Wildman–Crippen MR) is 84.1 cm³/mol. The van der Waals surface area contributed by atoms with Crippen molar-refractivity contribution in [1.82, 2.24) is 9.97 Å². The van der Waals surface area contributed by atoms with Crippen molar-refractivity contribution in [2.75, 3.05) is 18.0 Å². The Balaban J connectivity index is 2.04. The number of amides is 1. The fourth-order valence-corrected chi connectivity index (χ4v) is 3.01. The van der Waals surface area contributed by atoms with Crippen LogP contribution in [0, 0.1) is 12.8 Å². The first kappa shape index (κ1) is 15.7. The number of aryl methyl sites for hydroxylation is 2. The Hall–Kier alpha value is -1.65. The molecule has 0 saturated carbocycles. The summed E-state index contributed by atoms with van der Waals surface area (Å²) in [4.78, 5) is 22.4. The van der Waals surface area contributed by atoms with Crippen molar-refractivity contribution < 1.29 is 4.79 Å². The molecule has 0 bridgehead atoms. The Morgan fingerprint density at radius 3 is 3.00 bits per heavy atom. The van der Waals surface area contributed by atoms with Crippen LogP contribution < -0.4 is 10.6 Å². The minimum Gasteiger partial charge on any atom is -0.370 e. The van der Waals surface area contributed by atoms with E-state index in [0.29, 0.717) is 12.3 Å². The number of carbonyl (C=O) groups excluding carboxylic acids is 1. The van der Waals surface area contributed by atoms with E-state index in [4.69, 9.17) is 5.73 Å². The van der Waals surface area contributed by atoms with Gasteiger partial charge in [-0.2, -0.15) is 0 Å². The minimum atomic E-state index is -0.199. The summed E-state index contributed by atoms with van der Waals surface area (Å²) in [7, 11) is 0. The summed E-state index contributed by atoms with van der Waals surface area (Å²) in [6, 6.07) is 2.12. The van der Waals surface area contributed by atoms with Gasteiger partial charge in [0, 0.05) is 31.3 Å². The molecule has 1 saturated heterocycles. The maximum absolute atomic E-state index is 10.9. The van der Waals surface area contributed by atoms with Crippen LogP contribution in [-0.2, 0) is 11.2 Å². The van der Waals surface area contributed by atoms with E-state index >= 15 is 0 Å². The second-order valence-electron chi connectivity index (χ2n) is 5.97. The molecule has 0 spiro atoms. The molecule has 1 amide bonds. The molecular formula is C16H26N4O. The molecule has 1 aliphatic rings. The van der Waals surface area contributed by atoms with Crippen LogP contribution in [0.1, 0.15) is 50.5 Å². The van der Waals surface area contributed by atoms with Crippen LogP contribution in [-0.4, -0.2) is 29.0 Å². The van der Waals surface area contributed by atoms with Crippen molar-refractivity contribution in [3.63, 3.8) is 0 Å². The second-order valence-corrected chi connectivity index (χ2v) is 5.97. The lowest BCUT2D eigenvalue weighted by atomic mass is 9.93. The fraction of sp³-hybridized carbons (Fsp3) is 0.688. The summed E-state index contributed by atoms with van der Waals surface area (Å²) < 4.78 is 0. The molecule has 1 aliphatic heterocycles. The lowest BCUT2D eigenvalue weighted by Gasteiger charge is -2.33. The zero-order valence-electron chi connectivity index (χ0n) is 13.1. The molecule has 116 valence electrons. The third-order valence-corrected chi connectivity index (χ3v) is 4.03. The number of nitrogens with two attached hydrogens (primary N) is 1. The Labute approximate surface area is 127 Å². The number of hydrogen-bond acceptors (Lipinski definition) is 4. The van der Waals surface area contributed by atoms with Crippen molar-refractivity contribution in [3.05, 3.63) is 17.6 Å². The van der Waals surface area contributed by atoms with Gasteiger partial charge in [-0.05, 0) is 38.5 Å². The van der Waals surface area contributed by atoms with Gasteiger partial charge in [0.2, 0.25) is 5.91 Å². The molecule has 1 fully saturated rings. The summed E-state index contributed by atoms with van der Waals surface area (Å²) in [5.74, 6) is 2.22. The molecule has 2 N–H and O–H groups in total. The lowest BCUT2D eigenvalue weighted by Crippen LogP contribution is -2.36. The largest absolute Gasteiger partial charge is 0.370 e. The second kappa shape index (κ2) is 7.38. The number of carbonyl (C=O) groups is 1. The summed E-state index contributed by atoms with van der Waals surface area (Å²) in [5, 5.41) is 0. The third-order valence-electron chi connectivity index (χ3n) is 4.03. The van der Waals surface area contributed by atoms with Crippen LogP contribution in [0.3, 0.4) is 0 Å². The van der Waals surface area contributed by atoms with Crippen LogP contribution in [0.4, 0.5) is 5.82 Å². The molecule has 5 nitrogen and oxygen atoms in total. The van der Waals surface area contributed by atoms with Gasteiger partial charge in [-0.15, -0.1) is 0 Å². The van der Waals surface area contributed by atoms with Gasteiger partial charge in [-0.1, -0.05) is 13.3 Å². The number of nitrogens with zero attached hydrogens (tertiary/aromatic N) is 3. The van der Waals surface area contributed by atoms with E-state index in [1.807, 2.05) is 6.92 Å². The van der Waals surface area contributed by atoms with Crippen LogP contribution in [0.15, 0.2) is 6.07 Å². The Morgan fingerprint density at radius 1 is 1.48 bits per heavy atom. The molecule has 1 atom stereocenters. The lowest BCUT2D eigenvalue weighted by molar-refractivity contribution is -0.118. The first-order chi connectivity index (χ1) is 10.1. The van der Waals surface area contributed by atoms with Crippen molar-refractivity contribution in [3.8, 4) is 0 Å². The maximum Gasteiger partial charge on any atom is 0.217 e. The van der Waals surface area contributed by atoms with E-state index in [9.17, 15) is 4.79 Å². The molecular weight excluding hydrogens is 264 g/mol. The van der Waals surface area contributed by atoms with Gasteiger partial charge in [0.05, 0.1) is 0 Å². The molecule has 2 rings (SSSR count). The number of aromatic nitrogens is 2. The van der Waals surface area contributed by atoms with E-state index in [0.717, 1.165) is 56.1 Å². The van der Waals surface area contributed by atoms with Crippen LogP contribution in [0.2, 0.25) is 0 Å². The fourth-order valence-electron chi connectivity index (χ4n) is 3.01. The smallest absolute Gasteiger partial charge is 0.217 e. The predicted octanol–water partition coefficient (Wildman–Crippen LogP) is 2.22. The van der Waals surface area contributed by atoms with Gasteiger partial charge in [0.25, 0.3) is 0 Å². The zero-order chi connectivity index (χ0) is 15.2. The van der Waals surface area contributed by atoms with E-state index in [1.165, 1.54) is 6.42 Å². The topological polar surface area (TPSA) is 72.1 Å². The van der Waals surface area contributed by atoms with E-state index < -0.39 is 0 Å². The monoisotopic (exact) mass is 290 g/mol. The van der Waals surface area contributed by atoms with Gasteiger partial charge in [-0.25, -0.2) is 9.97 Å². The Morgan fingerprint density at radius 2 is 2.29 bits per heavy atom. The first-order valence-corrected chi connectivity index (χ1v) is 7.96. The van der Waals surface area contributed by atoms with Crippen molar-refractivity contribution in [2.24, 2.45) is 11.7 Å². The quantitative estimate of drug-likeness (QED) is 0.872. The first-order valence-electron chi connectivity index (χ1n) is 7.96. The zero-order valence-corrected chi connectivity index (χ0v) is 13.1. The van der Waals surface area contributed by atoms with Crippen molar-refractivity contribution >= 4 is 11.7 Å². The molecule has 1 unspecified atom stereocenters. The van der Waals surface area contributed by atoms with Gasteiger partial charge < -0.3 is 10.6 Å². The number of piperidine rings is 1. The Kier molecular flexibility index (Phi) is 5.53. The summed E-state index contributed by atoms with van der Waals surface area (Å²) in [5.41, 5.74) is 6.38. The summed E-state index contributed by atoms with van der Waals surface area (Å²) >= 11 is 0. The molecule has 0 aliphatic carbocycles. The number of hydrogen-bond donors (Lipinski definition) is 1. The number of anilines is 1. The molecule has 1 aromatic rings. The van der Waals surface area contributed by atoms with Crippen LogP contribution in [0.5, 0.6) is 0 Å². The Bertz CT molecular complexity index is 489. The van der Waals surface area contributed by atoms with Gasteiger partial charge in [0.1, 0.15) is 11.6 Å². The summed E-state index contributed by atoms with van der Waals surface area (Å²) in [6.45, 7) is 6.12. The van der Waals surface area contributed by atoms with E-state index in [-0.39, 0.29) is 5.91 Å². The van der Waals surface area contributed by atoms with E-state index in [2.05, 4.69) is 27.9 Å².